The van der Waals surface area contributed by atoms with Gasteiger partial charge >= 0.3 is 0 Å². The van der Waals surface area contributed by atoms with E-state index in [4.69, 9.17) is 14.8 Å². The molecule has 0 unspecified atom stereocenters. The summed E-state index contributed by atoms with van der Waals surface area (Å²) in [4.78, 5) is 20.3. The van der Waals surface area contributed by atoms with E-state index in [9.17, 15) is 4.79 Å². The number of carbonyl (C=O) groups excluding carboxylic acids is 1. The van der Waals surface area contributed by atoms with E-state index in [1.165, 1.54) is 12.8 Å². The molecule has 1 fully saturated rings. The Bertz CT molecular complexity index is 884. The average molecular weight is 366 g/mol. The van der Waals surface area contributed by atoms with Gasteiger partial charge in [-0.1, -0.05) is 13.8 Å². The Morgan fingerprint density at radius 3 is 2.93 bits per heavy atom. The van der Waals surface area contributed by atoms with Gasteiger partial charge in [-0.15, -0.1) is 0 Å². The van der Waals surface area contributed by atoms with Crippen molar-refractivity contribution in [2.24, 2.45) is 5.92 Å². The summed E-state index contributed by atoms with van der Waals surface area (Å²) in [5, 5.41) is 4.74. The number of aromatic nitrogens is 3. The summed E-state index contributed by atoms with van der Waals surface area (Å²) in [5.74, 6) is 3.96. The highest BCUT2D eigenvalue weighted by atomic mass is 16.5. The predicted molar refractivity (Wildman–Crippen MR) is 101 cm³/mol. The second-order valence-electron chi connectivity index (χ2n) is 8.39. The molecular formula is C21H26N4O2. The van der Waals surface area contributed by atoms with Crippen molar-refractivity contribution in [3.63, 3.8) is 0 Å². The highest BCUT2D eigenvalue weighted by Gasteiger charge is 2.37. The summed E-state index contributed by atoms with van der Waals surface area (Å²) in [6, 6.07) is 5.83. The van der Waals surface area contributed by atoms with Crippen molar-refractivity contribution in [2.45, 2.75) is 58.0 Å². The van der Waals surface area contributed by atoms with Gasteiger partial charge in [0.2, 0.25) is 0 Å². The molecule has 1 aliphatic carbocycles. The number of hydrogen-bond acceptors (Lipinski definition) is 4. The summed E-state index contributed by atoms with van der Waals surface area (Å²) in [5.41, 5.74) is 1.89. The van der Waals surface area contributed by atoms with E-state index in [0.717, 1.165) is 47.9 Å². The van der Waals surface area contributed by atoms with Crippen molar-refractivity contribution < 1.29 is 9.53 Å². The maximum absolute atomic E-state index is 13.4. The van der Waals surface area contributed by atoms with Gasteiger partial charge in [-0.05, 0) is 48.9 Å². The molecule has 0 spiro atoms. The average Bonchev–Trinajstić information content (AvgIpc) is 3.24. The zero-order chi connectivity index (χ0) is 18.5. The molecule has 5 rings (SSSR count). The fourth-order valence-electron chi connectivity index (χ4n) is 4.20. The fraction of sp³-hybridized carbons (Fsp3) is 0.571. The van der Waals surface area contributed by atoms with Crippen LogP contribution >= 0.6 is 0 Å². The van der Waals surface area contributed by atoms with Crippen LogP contribution in [-0.4, -0.2) is 38.7 Å². The maximum atomic E-state index is 13.4. The highest BCUT2D eigenvalue weighted by Crippen LogP contribution is 2.40. The molecule has 0 bridgehead atoms. The van der Waals surface area contributed by atoms with Crippen molar-refractivity contribution in [1.82, 2.24) is 19.7 Å². The van der Waals surface area contributed by atoms with Crippen molar-refractivity contribution in [1.29, 1.82) is 0 Å². The van der Waals surface area contributed by atoms with Gasteiger partial charge in [0.25, 0.3) is 5.91 Å². The molecule has 3 aliphatic rings. The Labute approximate surface area is 159 Å². The van der Waals surface area contributed by atoms with Crippen molar-refractivity contribution in [3.8, 4) is 5.75 Å². The molecule has 142 valence electrons. The molecule has 1 aromatic heterocycles. The van der Waals surface area contributed by atoms with Gasteiger partial charge < -0.3 is 9.64 Å². The van der Waals surface area contributed by atoms with Gasteiger partial charge in [0.05, 0.1) is 19.2 Å². The SMILES string of the molecule is CC(C)C[C@H]1c2nc(C3CC3)nn2CCN1C(=O)c1ccc2c(c1)CCO2. The molecule has 27 heavy (non-hydrogen) atoms. The second kappa shape index (κ2) is 6.36. The van der Waals surface area contributed by atoms with E-state index in [2.05, 4.69) is 13.8 Å². The summed E-state index contributed by atoms with van der Waals surface area (Å²) in [7, 11) is 0. The minimum absolute atomic E-state index is 0.00393. The molecule has 1 saturated carbocycles. The molecule has 0 saturated heterocycles. The van der Waals surface area contributed by atoms with Crippen LogP contribution in [-0.2, 0) is 13.0 Å². The van der Waals surface area contributed by atoms with Crippen LogP contribution in [0.5, 0.6) is 5.75 Å². The number of nitrogens with zero attached hydrogens (tertiary/aromatic N) is 4. The van der Waals surface area contributed by atoms with Gasteiger partial charge in [0.15, 0.2) is 5.82 Å². The number of amides is 1. The van der Waals surface area contributed by atoms with Crippen molar-refractivity contribution >= 4 is 5.91 Å². The summed E-state index contributed by atoms with van der Waals surface area (Å²) in [6.07, 6.45) is 4.17. The van der Waals surface area contributed by atoms with E-state index in [1.807, 2.05) is 27.8 Å². The first-order valence-corrected chi connectivity index (χ1v) is 10.1. The Morgan fingerprint density at radius 2 is 2.15 bits per heavy atom. The summed E-state index contributed by atoms with van der Waals surface area (Å²) >= 11 is 0. The van der Waals surface area contributed by atoms with Crippen LogP contribution in [0.4, 0.5) is 0 Å². The monoisotopic (exact) mass is 366 g/mol. The van der Waals surface area contributed by atoms with E-state index in [0.29, 0.717) is 25.0 Å². The van der Waals surface area contributed by atoms with Gasteiger partial charge in [-0.3, -0.25) is 4.79 Å². The molecule has 1 amide bonds. The lowest BCUT2D eigenvalue weighted by Gasteiger charge is -2.36. The molecule has 0 radical (unpaired) electrons. The number of rotatable bonds is 4. The zero-order valence-electron chi connectivity index (χ0n) is 16.0. The lowest BCUT2D eigenvalue weighted by Crippen LogP contribution is -2.43. The number of fused-ring (bicyclic) bond motifs is 2. The van der Waals surface area contributed by atoms with Gasteiger partial charge in [-0.2, -0.15) is 5.10 Å². The largest absolute Gasteiger partial charge is 0.493 e. The van der Waals surface area contributed by atoms with Gasteiger partial charge in [0.1, 0.15) is 11.6 Å². The molecule has 2 aromatic rings. The van der Waals surface area contributed by atoms with Crippen molar-refractivity contribution in [3.05, 3.63) is 41.0 Å². The minimum Gasteiger partial charge on any atom is -0.493 e. The number of ether oxygens (including phenoxy) is 1. The van der Waals surface area contributed by atoms with E-state index >= 15 is 0 Å². The lowest BCUT2D eigenvalue weighted by atomic mass is 9.99. The quantitative estimate of drug-likeness (QED) is 0.833. The first-order chi connectivity index (χ1) is 13.1. The molecule has 3 heterocycles. The molecule has 2 aliphatic heterocycles. The van der Waals surface area contributed by atoms with E-state index in [1.54, 1.807) is 0 Å². The van der Waals surface area contributed by atoms with Gasteiger partial charge in [0, 0.05) is 24.4 Å². The van der Waals surface area contributed by atoms with Crippen LogP contribution in [0.15, 0.2) is 18.2 Å². The molecular weight excluding hydrogens is 340 g/mol. The van der Waals surface area contributed by atoms with E-state index in [-0.39, 0.29) is 11.9 Å². The summed E-state index contributed by atoms with van der Waals surface area (Å²) < 4.78 is 7.63. The summed E-state index contributed by atoms with van der Waals surface area (Å²) in [6.45, 7) is 6.52. The normalized spacial score (nSPS) is 21.1. The lowest BCUT2D eigenvalue weighted by molar-refractivity contribution is 0.0578. The van der Waals surface area contributed by atoms with Gasteiger partial charge in [-0.25, -0.2) is 9.67 Å². The highest BCUT2D eigenvalue weighted by molar-refractivity contribution is 5.95. The Kier molecular flexibility index (Phi) is 3.95. The minimum atomic E-state index is -0.00393. The molecule has 0 N–H and O–H groups in total. The molecule has 1 atom stereocenters. The molecule has 6 heteroatoms. The van der Waals surface area contributed by atoms with Crippen LogP contribution in [0, 0.1) is 5.92 Å². The Balaban J connectivity index is 1.47. The third-order valence-electron chi connectivity index (χ3n) is 5.78. The number of hydrogen-bond donors (Lipinski definition) is 0. The van der Waals surface area contributed by atoms with Crippen molar-refractivity contribution in [2.75, 3.05) is 13.2 Å². The topological polar surface area (TPSA) is 60.2 Å². The standard InChI is InChI=1S/C21H26N4O2/c1-13(2)11-17-20-22-19(14-3-4-14)23-25(20)9-8-24(17)21(26)16-5-6-18-15(12-16)7-10-27-18/h5-6,12-14,17H,3-4,7-11H2,1-2H3/t17-/m0/s1. The second-order valence-corrected chi connectivity index (χ2v) is 8.39. The molecule has 6 nitrogen and oxygen atoms in total. The fourth-order valence-corrected chi connectivity index (χ4v) is 4.20. The number of benzene rings is 1. The maximum Gasteiger partial charge on any atom is 0.254 e. The zero-order valence-corrected chi connectivity index (χ0v) is 16.0. The number of carbonyl (C=O) groups is 1. The Hall–Kier alpha value is -2.37. The van der Waals surface area contributed by atoms with Crippen LogP contribution in [0.2, 0.25) is 0 Å². The Morgan fingerprint density at radius 1 is 1.30 bits per heavy atom. The van der Waals surface area contributed by atoms with E-state index < -0.39 is 0 Å². The van der Waals surface area contributed by atoms with Crippen LogP contribution in [0.25, 0.3) is 0 Å². The van der Waals surface area contributed by atoms with Crippen LogP contribution in [0.3, 0.4) is 0 Å². The third-order valence-corrected chi connectivity index (χ3v) is 5.78. The van der Waals surface area contributed by atoms with Crippen LogP contribution in [0.1, 0.15) is 72.6 Å². The first-order valence-electron chi connectivity index (χ1n) is 10.1. The third kappa shape index (κ3) is 3.01. The smallest absolute Gasteiger partial charge is 0.254 e. The van der Waals surface area contributed by atoms with Crippen LogP contribution < -0.4 is 4.74 Å². The first kappa shape index (κ1) is 16.8. The molecule has 1 aromatic carbocycles. The predicted octanol–water partition coefficient (Wildman–Crippen LogP) is 3.33.